The molecule has 0 heterocycles. The number of nitrogens with one attached hydrogen (secondary N) is 2. The van der Waals surface area contributed by atoms with Crippen LogP contribution < -0.4 is 30.5 Å². The quantitative estimate of drug-likeness (QED) is 0.122. The van der Waals surface area contributed by atoms with Crippen LogP contribution in [0.2, 0.25) is 0 Å². The molecule has 0 unspecified atom stereocenters. The Labute approximate surface area is 270 Å². The van der Waals surface area contributed by atoms with Crippen LogP contribution in [-0.4, -0.2) is 63.3 Å². The molecule has 15 heteroatoms. The predicted octanol–water partition coefficient (Wildman–Crippen LogP) is 2.45. The molecule has 0 fully saturated rings. The molecule has 14 nitrogen and oxygen atoms in total. The topological polar surface area (TPSA) is 214 Å². The molecule has 2 amide bonds. The average molecular weight is 670 g/mol. The Kier molecular flexibility index (Phi) is 16.7. The molecule has 4 rings (SSSR count). The molecule has 0 saturated carbocycles. The summed E-state index contributed by atoms with van der Waals surface area (Å²) >= 11 is 0. The first-order valence-corrected chi connectivity index (χ1v) is 12.4. The number of carbonyl (C=O) groups is 2. The molecule has 0 atom stereocenters. The van der Waals surface area contributed by atoms with Crippen LogP contribution in [0.15, 0.2) is 107 Å². The van der Waals surface area contributed by atoms with Crippen molar-refractivity contribution in [3.63, 3.8) is 0 Å². The fourth-order valence-electron chi connectivity index (χ4n) is 3.22. The molecular formula is C30H26GaN5O9. The number of para-hydroxylation sites is 2. The number of nitrogens with zero attached hydrogens (tertiary/aromatic N) is 3. The molecule has 0 saturated heterocycles. The maximum atomic E-state index is 11.8. The van der Waals surface area contributed by atoms with E-state index in [1.807, 2.05) is 12.1 Å². The number of methoxy groups -OCH3 is 2. The minimum atomic E-state index is -1.75. The normalized spacial score (nSPS) is 9.82. The van der Waals surface area contributed by atoms with Gasteiger partial charge in [-0.25, -0.2) is 10.9 Å². The van der Waals surface area contributed by atoms with Gasteiger partial charge in [-0.3, -0.25) is 9.59 Å². The molecular weight excluding hydrogens is 644 g/mol. The minimum absolute atomic E-state index is 0. The van der Waals surface area contributed by atoms with Gasteiger partial charge in [0, 0.05) is 11.1 Å². The SMILES string of the molecule is COc1cccc(/C=N/NC(=O)c2ccccc2)c1[O-].COc1cccc(/C=N/NC(=O)c2ccccc2)c1[O-].O=[N+]([O-])[O-].[Ga+3]. The van der Waals surface area contributed by atoms with Gasteiger partial charge in [-0.05, 0) is 47.5 Å². The zero-order valence-corrected chi connectivity index (χ0v) is 26.4. The van der Waals surface area contributed by atoms with Crippen molar-refractivity contribution >= 4 is 44.0 Å². The van der Waals surface area contributed by atoms with Gasteiger partial charge in [-0.1, -0.05) is 72.2 Å². The fraction of sp³-hybridized carbons (Fsp3) is 0.0667. The summed E-state index contributed by atoms with van der Waals surface area (Å²) in [6.07, 6.45) is 2.59. The molecule has 2 N–H and O–H groups in total. The van der Waals surface area contributed by atoms with Crippen molar-refractivity contribution in [1.29, 1.82) is 0 Å². The summed E-state index contributed by atoms with van der Waals surface area (Å²) in [5, 5.41) is 45.9. The van der Waals surface area contributed by atoms with E-state index in [2.05, 4.69) is 21.1 Å². The van der Waals surface area contributed by atoms with E-state index in [4.69, 9.17) is 24.8 Å². The van der Waals surface area contributed by atoms with E-state index in [0.29, 0.717) is 22.3 Å². The molecule has 0 spiro atoms. The van der Waals surface area contributed by atoms with E-state index in [-0.39, 0.29) is 54.6 Å². The summed E-state index contributed by atoms with van der Waals surface area (Å²) in [7, 11) is 2.85. The van der Waals surface area contributed by atoms with E-state index in [1.165, 1.54) is 26.6 Å². The zero-order valence-electron chi connectivity index (χ0n) is 24.0. The molecule has 0 bridgehead atoms. The second-order valence-corrected chi connectivity index (χ2v) is 8.11. The Morgan fingerprint density at radius 3 is 1.29 bits per heavy atom. The van der Waals surface area contributed by atoms with Gasteiger partial charge in [0.05, 0.1) is 31.7 Å². The summed E-state index contributed by atoms with van der Waals surface area (Å²) < 4.78 is 9.84. The van der Waals surface area contributed by atoms with Crippen LogP contribution in [-0.2, 0) is 0 Å². The number of hydrazone groups is 2. The van der Waals surface area contributed by atoms with E-state index in [9.17, 15) is 19.8 Å². The third-order valence-electron chi connectivity index (χ3n) is 5.27. The maximum Gasteiger partial charge on any atom is 3.00 e. The van der Waals surface area contributed by atoms with Crippen molar-refractivity contribution < 1.29 is 34.4 Å². The van der Waals surface area contributed by atoms with Gasteiger partial charge in [0.15, 0.2) is 0 Å². The van der Waals surface area contributed by atoms with Crippen LogP contribution >= 0.6 is 0 Å². The first-order chi connectivity index (χ1) is 21.2. The Balaban J connectivity index is 0.000000394. The van der Waals surface area contributed by atoms with Gasteiger partial charge < -0.3 is 35.0 Å². The molecule has 4 aromatic rings. The molecule has 0 aliphatic heterocycles. The summed E-state index contributed by atoms with van der Waals surface area (Å²) in [4.78, 5) is 31.7. The second-order valence-electron chi connectivity index (χ2n) is 8.11. The summed E-state index contributed by atoms with van der Waals surface area (Å²) in [6.45, 7) is 0. The first-order valence-electron chi connectivity index (χ1n) is 12.4. The van der Waals surface area contributed by atoms with Crippen molar-refractivity contribution in [2.24, 2.45) is 10.2 Å². The number of amides is 2. The van der Waals surface area contributed by atoms with Crippen LogP contribution in [0.3, 0.4) is 0 Å². The van der Waals surface area contributed by atoms with Crippen molar-refractivity contribution in [3.8, 4) is 23.0 Å². The molecule has 228 valence electrons. The third-order valence-corrected chi connectivity index (χ3v) is 5.27. The van der Waals surface area contributed by atoms with Gasteiger partial charge in [0.1, 0.15) is 11.5 Å². The molecule has 0 radical (unpaired) electrons. The van der Waals surface area contributed by atoms with Crippen LogP contribution in [0.4, 0.5) is 0 Å². The van der Waals surface area contributed by atoms with E-state index < -0.39 is 5.09 Å². The Hall–Kier alpha value is -5.80. The van der Waals surface area contributed by atoms with Crippen molar-refractivity contribution in [1.82, 2.24) is 10.9 Å². The average Bonchev–Trinajstić information content (AvgIpc) is 3.03. The van der Waals surface area contributed by atoms with Crippen LogP contribution in [0.5, 0.6) is 23.0 Å². The fourth-order valence-corrected chi connectivity index (χ4v) is 3.22. The third kappa shape index (κ3) is 12.9. The van der Waals surface area contributed by atoms with Crippen LogP contribution in [0.25, 0.3) is 0 Å². The molecule has 45 heavy (non-hydrogen) atoms. The maximum absolute atomic E-state index is 11.8. The van der Waals surface area contributed by atoms with E-state index in [0.717, 1.165) is 0 Å². The summed E-state index contributed by atoms with van der Waals surface area (Å²) in [5.74, 6) is -0.735. The zero-order chi connectivity index (χ0) is 32.3. The van der Waals surface area contributed by atoms with Gasteiger partial charge in [-0.15, -0.1) is 0 Å². The number of benzene rings is 4. The number of hydrogen-bond acceptors (Lipinski definition) is 11. The molecule has 0 aliphatic carbocycles. The van der Waals surface area contributed by atoms with Gasteiger partial charge in [0.2, 0.25) is 0 Å². The minimum Gasteiger partial charge on any atom is -0.870 e. The predicted molar refractivity (Wildman–Crippen MR) is 164 cm³/mol. The largest absolute Gasteiger partial charge is 3.00 e. The Morgan fingerprint density at radius 2 is 0.978 bits per heavy atom. The molecule has 4 aromatic carbocycles. The van der Waals surface area contributed by atoms with Gasteiger partial charge in [-0.2, -0.15) is 10.2 Å². The van der Waals surface area contributed by atoms with Crippen LogP contribution in [0, 0.1) is 15.3 Å². The molecule has 0 aliphatic rings. The van der Waals surface area contributed by atoms with Crippen LogP contribution in [0.1, 0.15) is 31.8 Å². The Morgan fingerprint density at radius 1 is 0.644 bits per heavy atom. The van der Waals surface area contributed by atoms with Crippen molar-refractivity contribution in [3.05, 3.63) is 135 Å². The van der Waals surface area contributed by atoms with Gasteiger partial charge >= 0.3 is 19.8 Å². The van der Waals surface area contributed by atoms with Gasteiger partial charge in [0.25, 0.3) is 11.8 Å². The second kappa shape index (κ2) is 20.2. The van der Waals surface area contributed by atoms with E-state index in [1.54, 1.807) is 84.9 Å². The summed E-state index contributed by atoms with van der Waals surface area (Å²) in [6, 6.07) is 27.1. The monoisotopic (exact) mass is 669 g/mol. The standard InChI is InChI=1S/2C15H14N2O3.Ga.NO3/c2*1-20-13-9-5-8-12(14(13)18)10-16-17-15(19)11-6-3-2-4-7-11;;2-1(3)4/h2*2-10,18H,1H3,(H,17,19);;/q;;+3;-1/p-2/b2*16-10+;;. The summed E-state index contributed by atoms with van der Waals surface area (Å²) in [5.41, 5.74) is 6.41. The number of rotatable bonds is 8. The van der Waals surface area contributed by atoms with E-state index >= 15 is 0 Å². The van der Waals surface area contributed by atoms with Crippen molar-refractivity contribution in [2.75, 3.05) is 14.2 Å². The Bertz CT molecular complexity index is 1470. The smallest absolute Gasteiger partial charge is 0.870 e. The number of carbonyl (C=O) groups excluding carboxylic acids is 2. The number of ether oxygens (including phenoxy) is 2. The first kappa shape index (κ1) is 37.2. The van der Waals surface area contributed by atoms with Crippen molar-refractivity contribution in [2.45, 2.75) is 0 Å². The number of hydrogen-bond donors (Lipinski definition) is 2. The molecule has 0 aromatic heterocycles.